The number of amides is 1. The average molecular weight is 349 g/mol. The summed E-state index contributed by atoms with van der Waals surface area (Å²) in [7, 11) is 4.01. The van der Waals surface area contributed by atoms with E-state index in [0.29, 0.717) is 23.6 Å². The minimum atomic E-state index is -0.176. The van der Waals surface area contributed by atoms with E-state index in [0.717, 1.165) is 11.1 Å². The molecule has 0 aliphatic carbocycles. The second-order valence-corrected chi connectivity index (χ2v) is 6.43. The molecule has 5 nitrogen and oxygen atoms in total. The molecule has 1 N–H and O–H groups in total. The first kappa shape index (κ1) is 17.9. The van der Waals surface area contributed by atoms with Gasteiger partial charge < -0.3 is 14.7 Å². The maximum atomic E-state index is 12.8. The molecule has 1 aromatic heterocycles. The lowest BCUT2D eigenvalue weighted by Gasteiger charge is -2.25. The molecule has 0 saturated carbocycles. The van der Waals surface area contributed by atoms with Gasteiger partial charge in [0.15, 0.2) is 0 Å². The maximum Gasteiger partial charge on any atom is 0.257 e. The molecule has 1 heterocycles. The topological polar surface area (TPSA) is 58.4 Å². The summed E-state index contributed by atoms with van der Waals surface area (Å²) in [5, 5.41) is 7.12. The van der Waals surface area contributed by atoms with E-state index in [-0.39, 0.29) is 11.9 Å². The molecule has 0 fully saturated rings. The minimum absolute atomic E-state index is 0.0838. The van der Waals surface area contributed by atoms with Crippen LogP contribution in [0.4, 0.5) is 0 Å². The Kier molecular flexibility index (Phi) is 5.49. The molecule has 3 aromatic rings. The molecule has 0 saturated heterocycles. The van der Waals surface area contributed by atoms with Gasteiger partial charge in [-0.05, 0) is 26.6 Å². The lowest BCUT2D eigenvalue weighted by molar-refractivity contribution is 0.0941. The van der Waals surface area contributed by atoms with Crippen molar-refractivity contribution in [3.05, 3.63) is 77.6 Å². The van der Waals surface area contributed by atoms with Gasteiger partial charge in [-0.2, -0.15) is 0 Å². The van der Waals surface area contributed by atoms with Gasteiger partial charge in [0.05, 0.1) is 6.04 Å². The summed E-state index contributed by atoms with van der Waals surface area (Å²) in [5.74, 6) is 0.341. The summed E-state index contributed by atoms with van der Waals surface area (Å²) in [6, 6.07) is 19.8. The number of aromatic nitrogens is 1. The van der Waals surface area contributed by atoms with Crippen molar-refractivity contribution < 1.29 is 9.32 Å². The molecular weight excluding hydrogens is 326 g/mol. The van der Waals surface area contributed by atoms with Crippen LogP contribution in [0.2, 0.25) is 0 Å². The highest BCUT2D eigenvalue weighted by Crippen LogP contribution is 2.25. The monoisotopic (exact) mass is 349 g/mol. The van der Waals surface area contributed by atoms with Crippen molar-refractivity contribution in [2.45, 2.75) is 13.0 Å². The molecular formula is C21H23N3O2. The van der Waals surface area contributed by atoms with Gasteiger partial charge in [-0.15, -0.1) is 0 Å². The standard InChI is InChI=1S/C21H23N3O2/c1-15-19(20(23-26-15)17-12-8-5-9-13-17)21(25)22-14-18(24(2)3)16-10-6-4-7-11-16/h4-13,18H,14H2,1-3H3,(H,22,25)/t18-/m1/s1. The van der Waals surface area contributed by atoms with Crippen molar-refractivity contribution in [3.8, 4) is 11.3 Å². The number of aryl methyl sites for hydroxylation is 1. The third-order valence-corrected chi connectivity index (χ3v) is 4.40. The van der Waals surface area contributed by atoms with E-state index >= 15 is 0 Å². The Labute approximate surface area is 153 Å². The first-order valence-electron chi connectivity index (χ1n) is 8.59. The average Bonchev–Trinajstić information content (AvgIpc) is 3.04. The Balaban J connectivity index is 1.79. The second kappa shape index (κ2) is 7.97. The fourth-order valence-corrected chi connectivity index (χ4v) is 2.98. The van der Waals surface area contributed by atoms with Gasteiger partial charge >= 0.3 is 0 Å². The maximum absolute atomic E-state index is 12.8. The quantitative estimate of drug-likeness (QED) is 0.737. The zero-order chi connectivity index (χ0) is 18.5. The number of nitrogens with zero attached hydrogens (tertiary/aromatic N) is 2. The number of benzene rings is 2. The van der Waals surface area contributed by atoms with Gasteiger partial charge in [-0.25, -0.2) is 0 Å². The highest BCUT2D eigenvalue weighted by Gasteiger charge is 2.23. The molecule has 134 valence electrons. The Hall–Kier alpha value is -2.92. The van der Waals surface area contributed by atoms with Crippen LogP contribution in [0, 0.1) is 6.92 Å². The Morgan fingerprint density at radius 2 is 1.69 bits per heavy atom. The lowest BCUT2D eigenvalue weighted by atomic mass is 10.0. The van der Waals surface area contributed by atoms with Gasteiger partial charge in [-0.3, -0.25) is 4.79 Å². The van der Waals surface area contributed by atoms with Crippen molar-refractivity contribution in [2.75, 3.05) is 20.6 Å². The Morgan fingerprint density at radius 1 is 1.08 bits per heavy atom. The molecule has 0 bridgehead atoms. The highest BCUT2D eigenvalue weighted by atomic mass is 16.5. The van der Waals surface area contributed by atoms with E-state index in [1.165, 1.54) is 0 Å². The van der Waals surface area contributed by atoms with Crippen LogP contribution in [0.5, 0.6) is 0 Å². The fraction of sp³-hybridized carbons (Fsp3) is 0.238. The predicted octanol–water partition coefficient (Wildman–Crippen LogP) is 3.68. The van der Waals surface area contributed by atoms with Crippen molar-refractivity contribution in [3.63, 3.8) is 0 Å². The number of likely N-dealkylation sites (N-methyl/N-ethyl adjacent to an activating group) is 1. The van der Waals surface area contributed by atoms with Gasteiger partial charge in [0, 0.05) is 12.1 Å². The van der Waals surface area contributed by atoms with Crippen molar-refractivity contribution in [2.24, 2.45) is 0 Å². The lowest BCUT2D eigenvalue weighted by Crippen LogP contribution is -2.34. The number of carbonyl (C=O) groups excluding carboxylic acids is 1. The number of carbonyl (C=O) groups is 1. The SMILES string of the molecule is Cc1onc(-c2ccccc2)c1C(=O)NC[C@H](c1ccccc1)N(C)C. The van der Waals surface area contributed by atoms with E-state index in [1.807, 2.05) is 62.6 Å². The Bertz CT molecular complexity index is 857. The van der Waals surface area contributed by atoms with Crippen LogP contribution in [0.3, 0.4) is 0 Å². The summed E-state index contributed by atoms with van der Waals surface area (Å²) in [6.07, 6.45) is 0. The first-order chi connectivity index (χ1) is 12.6. The number of hydrogen-bond donors (Lipinski definition) is 1. The summed E-state index contributed by atoms with van der Waals surface area (Å²) in [6.45, 7) is 2.25. The molecule has 0 aliphatic rings. The number of hydrogen-bond acceptors (Lipinski definition) is 4. The smallest absolute Gasteiger partial charge is 0.257 e. The summed E-state index contributed by atoms with van der Waals surface area (Å²) >= 11 is 0. The largest absolute Gasteiger partial charge is 0.360 e. The molecule has 5 heteroatoms. The molecule has 0 unspecified atom stereocenters. The molecule has 0 radical (unpaired) electrons. The highest BCUT2D eigenvalue weighted by molar-refractivity contribution is 6.00. The van der Waals surface area contributed by atoms with Crippen LogP contribution in [-0.2, 0) is 0 Å². The molecule has 0 spiro atoms. The fourth-order valence-electron chi connectivity index (χ4n) is 2.98. The second-order valence-electron chi connectivity index (χ2n) is 6.43. The zero-order valence-electron chi connectivity index (χ0n) is 15.3. The van der Waals surface area contributed by atoms with Crippen LogP contribution in [0.25, 0.3) is 11.3 Å². The van der Waals surface area contributed by atoms with Crippen molar-refractivity contribution in [1.82, 2.24) is 15.4 Å². The molecule has 0 aliphatic heterocycles. The molecule has 1 amide bonds. The van der Waals surface area contributed by atoms with E-state index in [2.05, 4.69) is 27.5 Å². The van der Waals surface area contributed by atoms with Crippen molar-refractivity contribution in [1.29, 1.82) is 0 Å². The molecule has 26 heavy (non-hydrogen) atoms. The van der Waals surface area contributed by atoms with Crippen molar-refractivity contribution >= 4 is 5.91 Å². The first-order valence-corrected chi connectivity index (χ1v) is 8.59. The van der Waals surface area contributed by atoms with E-state index in [9.17, 15) is 4.79 Å². The summed E-state index contributed by atoms with van der Waals surface area (Å²) in [5.41, 5.74) is 3.08. The Morgan fingerprint density at radius 3 is 2.31 bits per heavy atom. The number of nitrogens with one attached hydrogen (secondary N) is 1. The van der Waals surface area contributed by atoms with E-state index in [1.54, 1.807) is 6.92 Å². The predicted molar refractivity (Wildman–Crippen MR) is 102 cm³/mol. The zero-order valence-corrected chi connectivity index (χ0v) is 15.3. The van der Waals surface area contributed by atoms with Gasteiger partial charge in [-0.1, -0.05) is 65.8 Å². The third kappa shape index (κ3) is 3.83. The normalized spacial score (nSPS) is 12.2. The van der Waals surface area contributed by atoms with Crippen LogP contribution in [0.15, 0.2) is 65.2 Å². The summed E-state index contributed by atoms with van der Waals surface area (Å²) in [4.78, 5) is 14.9. The van der Waals surface area contributed by atoms with E-state index < -0.39 is 0 Å². The minimum Gasteiger partial charge on any atom is -0.360 e. The van der Waals surface area contributed by atoms with E-state index in [4.69, 9.17) is 4.52 Å². The van der Waals surface area contributed by atoms with Crippen LogP contribution in [0.1, 0.15) is 27.7 Å². The molecule has 2 aromatic carbocycles. The van der Waals surface area contributed by atoms with Gasteiger partial charge in [0.2, 0.25) is 0 Å². The molecule has 3 rings (SSSR count). The van der Waals surface area contributed by atoms with Gasteiger partial charge in [0.25, 0.3) is 5.91 Å². The number of rotatable bonds is 6. The summed E-state index contributed by atoms with van der Waals surface area (Å²) < 4.78 is 5.29. The third-order valence-electron chi connectivity index (χ3n) is 4.40. The van der Waals surface area contributed by atoms with Crippen LogP contribution >= 0.6 is 0 Å². The van der Waals surface area contributed by atoms with Crippen LogP contribution in [-0.4, -0.2) is 36.6 Å². The molecule has 1 atom stereocenters. The van der Waals surface area contributed by atoms with Crippen LogP contribution < -0.4 is 5.32 Å². The van der Waals surface area contributed by atoms with Gasteiger partial charge in [0.1, 0.15) is 17.0 Å².